The Balaban J connectivity index is 1.66. The van der Waals surface area contributed by atoms with Crippen LogP contribution in [0.5, 0.6) is 5.88 Å². The standard InChI is InChI=1S/C16H13BrN4O3S/c1-9(13-3-2-6-25-13)21-24-8-14(22)19-20-15-11-7-10(17)4-5-12(11)18-16(15)23/h2-7,18,23H,8H2,1H3/b20-19?,21-9-. The third-order valence-electron chi connectivity index (χ3n) is 3.24. The van der Waals surface area contributed by atoms with Gasteiger partial charge in [0.1, 0.15) is 0 Å². The highest BCUT2D eigenvalue weighted by atomic mass is 79.9. The number of halogens is 1. The number of nitrogens with one attached hydrogen (secondary N) is 1. The number of thiophene rings is 1. The van der Waals surface area contributed by atoms with Gasteiger partial charge in [0.25, 0.3) is 0 Å². The summed E-state index contributed by atoms with van der Waals surface area (Å²) in [6, 6.07) is 9.20. The maximum Gasteiger partial charge on any atom is 0.304 e. The molecule has 0 bridgehead atoms. The van der Waals surface area contributed by atoms with Gasteiger partial charge in [-0.3, -0.25) is 4.79 Å². The first kappa shape index (κ1) is 17.3. The predicted octanol–water partition coefficient (Wildman–Crippen LogP) is 4.75. The van der Waals surface area contributed by atoms with Crippen LogP contribution in [0.3, 0.4) is 0 Å². The van der Waals surface area contributed by atoms with Crippen LogP contribution in [0.4, 0.5) is 5.69 Å². The first-order valence-electron chi connectivity index (χ1n) is 7.20. The van der Waals surface area contributed by atoms with Crippen LogP contribution < -0.4 is 0 Å². The minimum atomic E-state index is -0.605. The zero-order valence-electron chi connectivity index (χ0n) is 13.1. The van der Waals surface area contributed by atoms with Crippen molar-refractivity contribution in [2.24, 2.45) is 15.4 Å². The Morgan fingerprint density at radius 1 is 1.40 bits per heavy atom. The summed E-state index contributed by atoms with van der Waals surface area (Å²) in [7, 11) is 0. The van der Waals surface area contributed by atoms with Gasteiger partial charge in [0.05, 0.1) is 16.1 Å². The number of azo groups is 1. The van der Waals surface area contributed by atoms with Gasteiger partial charge in [-0.1, -0.05) is 27.2 Å². The Kier molecular flexibility index (Phi) is 5.25. The lowest BCUT2D eigenvalue weighted by Crippen LogP contribution is -2.03. The molecule has 3 rings (SSSR count). The number of hydrogen-bond acceptors (Lipinski definition) is 6. The summed E-state index contributed by atoms with van der Waals surface area (Å²) in [5.74, 6) is -0.761. The zero-order chi connectivity index (χ0) is 17.8. The molecule has 0 aliphatic heterocycles. The molecular formula is C16H13BrN4O3S. The quantitative estimate of drug-likeness (QED) is 0.353. The van der Waals surface area contributed by atoms with Gasteiger partial charge in [-0.05, 0) is 36.6 Å². The first-order valence-corrected chi connectivity index (χ1v) is 8.87. The largest absolute Gasteiger partial charge is 0.493 e. The van der Waals surface area contributed by atoms with Crippen LogP contribution in [0.25, 0.3) is 10.9 Å². The first-order chi connectivity index (χ1) is 12.0. The Bertz CT molecular complexity index is 963. The number of rotatable bonds is 5. The number of aromatic amines is 1. The molecule has 9 heteroatoms. The summed E-state index contributed by atoms with van der Waals surface area (Å²) in [4.78, 5) is 20.5. The number of hydrogen-bond donors (Lipinski definition) is 2. The van der Waals surface area contributed by atoms with Crippen LogP contribution in [0.1, 0.15) is 11.8 Å². The topological polar surface area (TPSA) is 99.4 Å². The van der Waals surface area contributed by atoms with Crippen LogP contribution in [0.2, 0.25) is 0 Å². The van der Waals surface area contributed by atoms with Crippen LogP contribution in [-0.2, 0) is 9.63 Å². The Hall–Kier alpha value is -2.52. The lowest BCUT2D eigenvalue weighted by Gasteiger charge is -1.97. The molecule has 0 spiro atoms. The van der Waals surface area contributed by atoms with E-state index in [1.165, 1.54) is 11.3 Å². The van der Waals surface area contributed by atoms with Crippen molar-refractivity contribution in [2.75, 3.05) is 6.61 Å². The fraction of sp³-hybridized carbons (Fsp3) is 0.125. The highest BCUT2D eigenvalue weighted by Crippen LogP contribution is 2.36. The number of benzene rings is 1. The van der Waals surface area contributed by atoms with Gasteiger partial charge in [0.2, 0.25) is 5.88 Å². The van der Waals surface area contributed by atoms with Gasteiger partial charge in [0, 0.05) is 9.86 Å². The van der Waals surface area contributed by atoms with Crippen LogP contribution >= 0.6 is 27.3 Å². The van der Waals surface area contributed by atoms with Crippen molar-refractivity contribution in [3.05, 3.63) is 45.1 Å². The van der Waals surface area contributed by atoms with Gasteiger partial charge in [-0.25, -0.2) is 0 Å². The molecule has 2 heterocycles. The van der Waals surface area contributed by atoms with Crippen molar-refractivity contribution < 1.29 is 14.7 Å². The molecule has 0 radical (unpaired) electrons. The van der Waals surface area contributed by atoms with E-state index in [1.807, 2.05) is 23.6 Å². The van der Waals surface area contributed by atoms with Gasteiger partial charge < -0.3 is 14.9 Å². The van der Waals surface area contributed by atoms with E-state index in [4.69, 9.17) is 4.84 Å². The molecule has 3 aromatic rings. The molecule has 0 saturated heterocycles. The number of H-pyrrole nitrogens is 1. The molecule has 7 nitrogen and oxygen atoms in total. The Labute approximate surface area is 155 Å². The molecule has 0 unspecified atom stereocenters. The molecule has 1 amide bonds. The van der Waals surface area contributed by atoms with Gasteiger partial charge in [-0.2, -0.15) is 0 Å². The summed E-state index contributed by atoms with van der Waals surface area (Å²) in [5.41, 5.74) is 1.57. The van der Waals surface area contributed by atoms with E-state index in [2.05, 4.69) is 36.3 Å². The monoisotopic (exact) mass is 420 g/mol. The molecule has 128 valence electrons. The predicted molar refractivity (Wildman–Crippen MR) is 99.7 cm³/mol. The highest BCUT2D eigenvalue weighted by molar-refractivity contribution is 9.10. The Morgan fingerprint density at radius 2 is 2.24 bits per heavy atom. The molecule has 2 N–H and O–H groups in total. The number of aromatic nitrogens is 1. The molecule has 25 heavy (non-hydrogen) atoms. The maximum atomic E-state index is 11.8. The summed E-state index contributed by atoms with van der Waals surface area (Å²) in [6.45, 7) is 1.46. The normalized spacial score (nSPS) is 12.2. The highest BCUT2D eigenvalue weighted by Gasteiger charge is 2.11. The molecule has 0 atom stereocenters. The average Bonchev–Trinajstić information content (AvgIpc) is 3.20. The van der Waals surface area contributed by atoms with Crippen molar-refractivity contribution in [2.45, 2.75) is 6.92 Å². The molecule has 1 aromatic carbocycles. The smallest absolute Gasteiger partial charge is 0.304 e. The van der Waals surface area contributed by atoms with E-state index in [0.29, 0.717) is 16.6 Å². The van der Waals surface area contributed by atoms with Gasteiger partial charge >= 0.3 is 5.91 Å². The van der Waals surface area contributed by atoms with Crippen molar-refractivity contribution in [3.8, 4) is 5.88 Å². The van der Waals surface area contributed by atoms with Gasteiger partial charge in [-0.15, -0.1) is 21.6 Å². The SMILES string of the molecule is C/C(=N/OCC(=O)N=Nc1c(O)[nH]c2ccc(Br)cc12)c1cccs1. The van der Waals surface area contributed by atoms with Crippen molar-refractivity contribution >= 4 is 55.5 Å². The molecule has 0 aliphatic rings. The Morgan fingerprint density at radius 3 is 3.00 bits per heavy atom. The van der Waals surface area contributed by atoms with E-state index < -0.39 is 5.91 Å². The van der Waals surface area contributed by atoms with Crippen LogP contribution in [0.15, 0.2) is 55.6 Å². The molecule has 0 fully saturated rings. The van der Waals surface area contributed by atoms with Crippen LogP contribution in [0, 0.1) is 0 Å². The molecule has 0 saturated carbocycles. The fourth-order valence-corrected chi connectivity index (χ4v) is 3.12. The summed E-state index contributed by atoms with van der Waals surface area (Å²) >= 11 is 4.88. The minimum Gasteiger partial charge on any atom is -0.493 e. The molecular weight excluding hydrogens is 408 g/mol. The minimum absolute atomic E-state index is 0.155. The number of fused-ring (bicyclic) bond motifs is 1. The summed E-state index contributed by atoms with van der Waals surface area (Å²) < 4.78 is 0.823. The van der Waals surface area contributed by atoms with Crippen molar-refractivity contribution in [3.63, 3.8) is 0 Å². The van der Waals surface area contributed by atoms with Crippen molar-refractivity contribution in [1.29, 1.82) is 0 Å². The number of carbonyl (C=O) groups is 1. The average molecular weight is 421 g/mol. The second-order valence-corrected chi connectivity index (χ2v) is 6.90. The van der Waals surface area contributed by atoms with Gasteiger partial charge in [0.15, 0.2) is 12.3 Å². The maximum absolute atomic E-state index is 11.8. The molecule has 0 aliphatic carbocycles. The van der Waals surface area contributed by atoms with E-state index in [0.717, 1.165) is 9.35 Å². The fourth-order valence-electron chi connectivity index (χ4n) is 2.09. The van der Waals surface area contributed by atoms with E-state index in [1.54, 1.807) is 19.1 Å². The van der Waals surface area contributed by atoms with Crippen LogP contribution in [-0.4, -0.2) is 28.3 Å². The lowest BCUT2D eigenvalue weighted by molar-refractivity contribution is -0.122. The van der Waals surface area contributed by atoms with E-state index in [-0.39, 0.29) is 18.2 Å². The van der Waals surface area contributed by atoms with E-state index >= 15 is 0 Å². The third-order valence-corrected chi connectivity index (χ3v) is 4.71. The summed E-state index contributed by atoms with van der Waals surface area (Å²) in [5, 5.41) is 23.8. The van der Waals surface area contributed by atoms with Crippen molar-refractivity contribution in [1.82, 2.24) is 4.98 Å². The number of nitrogens with zero attached hydrogens (tertiary/aromatic N) is 3. The molecule has 2 aromatic heterocycles. The number of carbonyl (C=O) groups excluding carboxylic acids is 1. The summed E-state index contributed by atoms with van der Waals surface area (Å²) in [6.07, 6.45) is 0. The second kappa shape index (κ2) is 7.58. The second-order valence-electron chi connectivity index (χ2n) is 5.03. The number of aromatic hydroxyl groups is 1. The third kappa shape index (κ3) is 4.12. The zero-order valence-corrected chi connectivity index (χ0v) is 15.5. The lowest BCUT2D eigenvalue weighted by atomic mass is 10.2. The van der Waals surface area contributed by atoms with E-state index in [9.17, 15) is 9.90 Å². The number of amides is 1. The number of oxime groups is 1.